The number of benzene rings is 1. The van der Waals surface area contributed by atoms with Crippen molar-refractivity contribution in [3.05, 3.63) is 30.2 Å². The number of hydrogen-bond acceptors (Lipinski definition) is 3. The first kappa shape index (κ1) is 11.3. The number of thioether (sulfide) groups is 1. The predicted octanol–water partition coefficient (Wildman–Crippen LogP) is 2.82. The molecule has 5 heteroatoms. The second-order valence-corrected chi connectivity index (χ2v) is 5.73. The highest BCUT2D eigenvalue weighted by atomic mass is 32.2. The van der Waals surface area contributed by atoms with Crippen LogP contribution in [0.2, 0.25) is 0 Å². The summed E-state index contributed by atoms with van der Waals surface area (Å²) in [5.74, 6) is 0.945. The first-order valence-corrected chi connectivity index (χ1v) is 6.65. The van der Waals surface area contributed by atoms with Crippen LogP contribution in [0.1, 0.15) is 12.7 Å². The lowest BCUT2D eigenvalue weighted by Crippen LogP contribution is -2.26. The van der Waals surface area contributed by atoms with Crippen LogP contribution in [0.15, 0.2) is 29.3 Å². The van der Waals surface area contributed by atoms with Crippen molar-refractivity contribution in [1.29, 1.82) is 0 Å². The van der Waals surface area contributed by atoms with Gasteiger partial charge in [0, 0.05) is 10.5 Å². The topological polar surface area (TPSA) is 57.8 Å². The number of nitrogens with zero attached hydrogens (tertiary/aromatic N) is 1. The third-order valence-corrected chi connectivity index (χ3v) is 4.10. The molecule has 1 unspecified atom stereocenters. The lowest BCUT2D eigenvalue weighted by Gasteiger charge is -2.21. The molecule has 3 rings (SSSR count). The van der Waals surface area contributed by atoms with Gasteiger partial charge in [0.05, 0.1) is 22.8 Å². The molecule has 0 saturated heterocycles. The van der Waals surface area contributed by atoms with Gasteiger partial charge < -0.3 is 10.3 Å². The van der Waals surface area contributed by atoms with Gasteiger partial charge in [0.1, 0.15) is 5.82 Å². The Morgan fingerprint density at radius 3 is 2.94 bits per heavy atom. The fraction of sp³-hybridized carbons (Fsp3) is 0.231. The zero-order valence-corrected chi connectivity index (χ0v) is 11.0. The number of anilines is 1. The van der Waals surface area contributed by atoms with Gasteiger partial charge in [-0.1, -0.05) is 6.07 Å². The molecule has 2 N–H and O–H groups in total. The monoisotopic (exact) mass is 259 g/mol. The average molecular weight is 259 g/mol. The lowest BCUT2D eigenvalue weighted by atomic mass is 10.1. The number of aromatic nitrogens is 2. The smallest absolute Gasteiger partial charge is 0.237 e. The Morgan fingerprint density at radius 2 is 2.22 bits per heavy atom. The highest BCUT2D eigenvalue weighted by Crippen LogP contribution is 2.37. The van der Waals surface area contributed by atoms with Crippen LogP contribution < -0.4 is 5.32 Å². The summed E-state index contributed by atoms with van der Waals surface area (Å²) in [5, 5.41) is 2.90. The molecule has 1 aliphatic heterocycles. The quantitative estimate of drug-likeness (QED) is 0.828. The number of carbonyl (C=O) groups excluding carboxylic acids is 1. The maximum absolute atomic E-state index is 11.7. The van der Waals surface area contributed by atoms with E-state index in [0.717, 1.165) is 27.7 Å². The minimum Gasteiger partial charge on any atom is -0.342 e. The SMILES string of the molecule is Cc1ncc(-c2ccc3c(c2)NC(=O)C(C)S3)[nH]1. The second-order valence-electron chi connectivity index (χ2n) is 4.34. The highest BCUT2D eigenvalue weighted by molar-refractivity contribution is 8.00. The van der Waals surface area contributed by atoms with Crippen LogP contribution in [0.4, 0.5) is 5.69 Å². The Bertz CT molecular complexity index is 620. The van der Waals surface area contributed by atoms with Crippen LogP contribution in [0.5, 0.6) is 0 Å². The van der Waals surface area contributed by atoms with Gasteiger partial charge in [0.2, 0.25) is 5.91 Å². The summed E-state index contributed by atoms with van der Waals surface area (Å²) in [5.41, 5.74) is 2.88. The summed E-state index contributed by atoms with van der Waals surface area (Å²) < 4.78 is 0. The molecule has 0 spiro atoms. The molecule has 1 amide bonds. The fourth-order valence-corrected chi connectivity index (χ4v) is 2.87. The minimum absolute atomic E-state index is 0.0299. The van der Waals surface area contributed by atoms with Gasteiger partial charge in [0.25, 0.3) is 0 Å². The number of carbonyl (C=O) groups is 1. The average Bonchev–Trinajstić information content (AvgIpc) is 2.77. The van der Waals surface area contributed by atoms with Crippen LogP contribution in [0, 0.1) is 6.92 Å². The summed E-state index contributed by atoms with van der Waals surface area (Å²) in [6, 6.07) is 6.07. The standard InChI is InChI=1S/C13H13N3OS/c1-7-13(17)16-10-5-9(3-4-12(10)18-7)11-6-14-8(2)15-11/h3-7H,1-2H3,(H,14,15)(H,16,17). The maximum Gasteiger partial charge on any atom is 0.237 e. The van der Waals surface area contributed by atoms with Crippen molar-refractivity contribution < 1.29 is 4.79 Å². The van der Waals surface area contributed by atoms with Crippen molar-refractivity contribution in [3.63, 3.8) is 0 Å². The van der Waals surface area contributed by atoms with E-state index < -0.39 is 0 Å². The van der Waals surface area contributed by atoms with E-state index in [1.807, 2.05) is 32.0 Å². The highest BCUT2D eigenvalue weighted by Gasteiger charge is 2.23. The number of fused-ring (bicyclic) bond motifs is 1. The first-order valence-electron chi connectivity index (χ1n) is 5.77. The van der Waals surface area contributed by atoms with E-state index in [1.165, 1.54) is 0 Å². The molecule has 1 aliphatic rings. The fourth-order valence-electron chi connectivity index (χ4n) is 1.94. The van der Waals surface area contributed by atoms with E-state index in [-0.39, 0.29) is 11.2 Å². The van der Waals surface area contributed by atoms with Crippen molar-refractivity contribution in [2.45, 2.75) is 24.0 Å². The zero-order chi connectivity index (χ0) is 12.7. The molecule has 2 heterocycles. The number of amides is 1. The summed E-state index contributed by atoms with van der Waals surface area (Å²) in [6.07, 6.45) is 1.80. The van der Waals surface area contributed by atoms with Gasteiger partial charge in [-0.3, -0.25) is 4.79 Å². The lowest BCUT2D eigenvalue weighted by molar-refractivity contribution is -0.115. The van der Waals surface area contributed by atoms with Crippen LogP contribution in [0.25, 0.3) is 11.3 Å². The summed E-state index contributed by atoms with van der Waals surface area (Å²) in [6.45, 7) is 3.83. The third-order valence-electron chi connectivity index (χ3n) is 2.92. The number of hydrogen-bond donors (Lipinski definition) is 2. The summed E-state index contributed by atoms with van der Waals surface area (Å²) >= 11 is 1.59. The van der Waals surface area contributed by atoms with E-state index >= 15 is 0 Å². The normalized spacial score (nSPS) is 18.3. The van der Waals surface area contributed by atoms with Gasteiger partial charge in [-0.05, 0) is 26.0 Å². The van der Waals surface area contributed by atoms with E-state index in [1.54, 1.807) is 18.0 Å². The van der Waals surface area contributed by atoms with Gasteiger partial charge in [-0.15, -0.1) is 11.8 Å². The van der Waals surface area contributed by atoms with E-state index in [4.69, 9.17) is 0 Å². The molecule has 0 radical (unpaired) electrons. The van der Waals surface area contributed by atoms with Gasteiger partial charge in [-0.25, -0.2) is 4.98 Å². The summed E-state index contributed by atoms with van der Waals surface area (Å²) in [4.78, 5) is 20.1. The molecule has 2 aromatic rings. The van der Waals surface area contributed by atoms with Gasteiger partial charge >= 0.3 is 0 Å². The maximum atomic E-state index is 11.7. The van der Waals surface area contributed by atoms with Crippen LogP contribution >= 0.6 is 11.8 Å². The molecular formula is C13H13N3OS. The Labute approximate surface area is 109 Å². The molecule has 1 aromatic heterocycles. The van der Waals surface area contributed by atoms with Crippen molar-refractivity contribution in [1.82, 2.24) is 9.97 Å². The molecule has 0 fully saturated rings. The van der Waals surface area contributed by atoms with Crippen molar-refractivity contribution in [3.8, 4) is 11.3 Å². The molecule has 0 saturated carbocycles. The second kappa shape index (κ2) is 4.17. The van der Waals surface area contributed by atoms with Gasteiger partial charge in [-0.2, -0.15) is 0 Å². The predicted molar refractivity (Wildman–Crippen MR) is 72.7 cm³/mol. The Morgan fingerprint density at radius 1 is 1.39 bits per heavy atom. The van der Waals surface area contributed by atoms with Gasteiger partial charge in [0.15, 0.2) is 0 Å². The molecule has 4 nitrogen and oxygen atoms in total. The largest absolute Gasteiger partial charge is 0.342 e. The Hall–Kier alpha value is -1.75. The molecule has 18 heavy (non-hydrogen) atoms. The third kappa shape index (κ3) is 1.90. The number of aryl methyl sites for hydroxylation is 1. The summed E-state index contributed by atoms with van der Waals surface area (Å²) in [7, 11) is 0. The molecule has 0 aliphatic carbocycles. The molecule has 1 aromatic carbocycles. The number of H-pyrrole nitrogens is 1. The zero-order valence-electron chi connectivity index (χ0n) is 10.2. The Kier molecular flexibility index (Phi) is 2.63. The van der Waals surface area contributed by atoms with Crippen LogP contribution in [-0.2, 0) is 4.79 Å². The molecule has 0 bridgehead atoms. The first-order chi connectivity index (χ1) is 8.63. The van der Waals surface area contributed by atoms with E-state index in [0.29, 0.717) is 0 Å². The molecule has 92 valence electrons. The van der Waals surface area contributed by atoms with Crippen LogP contribution in [-0.4, -0.2) is 21.1 Å². The van der Waals surface area contributed by atoms with E-state index in [2.05, 4.69) is 15.3 Å². The van der Waals surface area contributed by atoms with Crippen molar-refractivity contribution in [2.24, 2.45) is 0 Å². The van der Waals surface area contributed by atoms with Crippen LogP contribution in [0.3, 0.4) is 0 Å². The van der Waals surface area contributed by atoms with E-state index in [9.17, 15) is 4.79 Å². The van der Waals surface area contributed by atoms with Crippen molar-refractivity contribution in [2.75, 3.05) is 5.32 Å². The number of rotatable bonds is 1. The number of nitrogens with one attached hydrogen (secondary N) is 2. The minimum atomic E-state index is -0.0299. The number of imidazole rings is 1. The number of aromatic amines is 1. The Balaban J connectivity index is 2.01. The molecule has 1 atom stereocenters. The molecular weight excluding hydrogens is 246 g/mol. The van der Waals surface area contributed by atoms with Crippen molar-refractivity contribution >= 4 is 23.4 Å².